The van der Waals surface area contributed by atoms with Gasteiger partial charge in [0, 0.05) is 6.54 Å². The van der Waals surface area contributed by atoms with Gasteiger partial charge in [-0.2, -0.15) is 0 Å². The Labute approximate surface area is 148 Å². The Morgan fingerprint density at radius 3 is 2.65 bits per heavy atom. The van der Waals surface area contributed by atoms with Crippen LogP contribution in [-0.2, 0) is 0 Å². The van der Waals surface area contributed by atoms with Crippen molar-refractivity contribution < 1.29 is 14.6 Å². The van der Waals surface area contributed by atoms with Crippen LogP contribution in [0.4, 0.5) is 0 Å². The van der Waals surface area contributed by atoms with Crippen LogP contribution in [0.1, 0.15) is 41.6 Å². The van der Waals surface area contributed by atoms with Crippen LogP contribution < -0.4 is 15.5 Å². The van der Waals surface area contributed by atoms with Gasteiger partial charge in [0.15, 0.2) is 11.4 Å². The second-order valence-electron chi connectivity index (χ2n) is 5.69. The second-order valence-corrected chi connectivity index (χ2v) is 6.77. The van der Waals surface area contributed by atoms with Gasteiger partial charge in [0.05, 0.1) is 35.1 Å². The smallest absolute Gasteiger partial charge is 0.271 e. The molecule has 1 amide bonds. The van der Waals surface area contributed by atoms with Crippen LogP contribution in [-0.4, -0.2) is 54.8 Å². The fourth-order valence-electron chi connectivity index (χ4n) is 3.08. The Morgan fingerprint density at radius 2 is 2.17 bits per heavy atom. The summed E-state index contributed by atoms with van der Waals surface area (Å²) in [5, 5.41) is 12.5. The quantitative estimate of drug-likeness (QED) is 0.668. The van der Waals surface area contributed by atoms with Crippen molar-refractivity contribution in [3.63, 3.8) is 0 Å². The molecule has 23 heavy (non-hydrogen) atoms. The number of amides is 1. The minimum atomic E-state index is -0.364. The third-order valence-electron chi connectivity index (χ3n) is 4.11. The number of pyridine rings is 1. The molecule has 0 aliphatic carbocycles. The molecule has 0 aromatic carbocycles. The van der Waals surface area contributed by atoms with Gasteiger partial charge >= 0.3 is 0 Å². The minimum Gasteiger partial charge on any atom is -0.491 e. The Morgan fingerprint density at radius 1 is 1.52 bits per heavy atom. The highest BCUT2D eigenvalue weighted by atomic mass is 127. The van der Waals surface area contributed by atoms with Gasteiger partial charge < -0.3 is 24.6 Å². The van der Waals surface area contributed by atoms with Crippen molar-refractivity contribution in [1.82, 2.24) is 14.8 Å². The first-order chi connectivity index (χ1) is 10.9. The van der Waals surface area contributed by atoms with E-state index in [-0.39, 0.29) is 41.5 Å². The van der Waals surface area contributed by atoms with Crippen molar-refractivity contribution in [3.8, 4) is 5.75 Å². The number of methoxy groups -OCH3 is 1. The van der Waals surface area contributed by atoms with Crippen molar-refractivity contribution in [2.45, 2.75) is 25.4 Å². The van der Waals surface area contributed by atoms with E-state index < -0.39 is 0 Å². The highest BCUT2D eigenvalue weighted by Crippen LogP contribution is 2.41. The summed E-state index contributed by atoms with van der Waals surface area (Å²) in [5.74, 6) is -0.334. The van der Waals surface area contributed by atoms with Gasteiger partial charge in [-0.15, -0.1) is 0 Å². The third-order valence-corrected chi connectivity index (χ3v) is 5.16. The molecule has 2 rings (SSSR count). The van der Waals surface area contributed by atoms with Gasteiger partial charge in [0.2, 0.25) is 5.43 Å². The van der Waals surface area contributed by atoms with Gasteiger partial charge in [0.25, 0.3) is 5.91 Å². The van der Waals surface area contributed by atoms with E-state index in [2.05, 4.69) is 5.32 Å². The largest absolute Gasteiger partial charge is 0.491 e. The van der Waals surface area contributed by atoms with Gasteiger partial charge in [-0.05, 0) is 50.0 Å². The Kier molecular flexibility index (Phi) is 5.69. The van der Waals surface area contributed by atoms with Crippen molar-refractivity contribution in [1.29, 1.82) is 0 Å². The maximum Gasteiger partial charge on any atom is 0.271 e. The molecule has 0 radical (unpaired) electrons. The summed E-state index contributed by atoms with van der Waals surface area (Å²) in [4.78, 5) is 27.2. The van der Waals surface area contributed by atoms with E-state index >= 15 is 0 Å². The highest BCUT2D eigenvalue weighted by Gasteiger charge is 2.39. The van der Waals surface area contributed by atoms with Crippen LogP contribution >= 0.6 is 22.6 Å². The lowest BCUT2D eigenvalue weighted by atomic mass is 10.1. The number of aromatic nitrogens is 1. The lowest BCUT2D eigenvalue weighted by Gasteiger charge is -2.23. The van der Waals surface area contributed by atoms with Crippen LogP contribution in [0.3, 0.4) is 0 Å². The van der Waals surface area contributed by atoms with E-state index in [0.29, 0.717) is 16.5 Å². The number of nitrogens with one attached hydrogen (secondary N) is 1. The SMILES string of the molecule is CCNC(=O)c1c(OC)c(=O)c(I)c2n1[C@H](CO)C[C@H]2N(C)C. The van der Waals surface area contributed by atoms with Crippen molar-refractivity contribution in [2.24, 2.45) is 0 Å². The molecule has 0 bridgehead atoms. The van der Waals surface area contributed by atoms with Crippen molar-refractivity contribution in [2.75, 3.05) is 34.4 Å². The molecule has 0 saturated carbocycles. The number of aliphatic hydroxyl groups is 1. The summed E-state index contributed by atoms with van der Waals surface area (Å²) in [5.41, 5.74) is 0.672. The molecule has 8 heteroatoms. The molecular weight excluding hydrogens is 413 g/mol. The maximum absolute atomic E-state index is 12.6. The van der Waals surface area contributed by atoms with Gasteiger partial charge in [-0.3, -0.25) is 9.59 Å². The molecule has 0 saturated heterocycles. The first-order valence-electron chi connectivity index (χ1n) is 7.46. The highest BCUT2D eigenvalue weighted by molar-refractivity contribution is 14.1. The number of hydrogen-bond donors (Lipinski definition) is 2. The predicted octanol–water partition coefficient (Wildman–Crippen LogP) is 0.751. The number of fused-ring (bicyclic) bond motifs is 1. The first-order valence-corrected chi connectivity index (χ1v) is 8.54. The molecule has 128 valence electrons. The average molecular weight is 435 g/mol. The van der Waals surface area contributed by atoms with Crippen LogP contribution in [0, 0.1) is 3.57 Å². The first kappa shape index (κ1) is 18.2. The van der Waals surface area contributed by atoms with E-state index in [1.165, 1.54) is 7.11 Å². The minimum absolute atomic E-state index is 0.0296. The number of nitrogens with zero attached hydrogens (tertiary/aromatic N) is 2. The number of ether oxygens (including phenoxy) is 1. The van der Waals surface area contributed by atoms with E-state index in [1.807, 2.05) is 48.5 Å². The summed E-state index contributed by atoms with van der Waals surface area (Å²) in [6.07, 6.45) is 0.637. The van der Waals surface area contributed by atoms with Crippen molar-refractivity contribution >= 4 is 28.5 Å². The van der Waals surface area contributed by atoms with E-state index in [1.54, 1.807) is 4.57 Å². The zero-order valence-corrected chi connectivity index (χ0v) is 15.9. The van der Waals surface area contributed by atoms with Crippen LogP contribution in [0.2, 0.25) is 0 Å². The van der Waals surface area contributed by atoms with Gasteiger partial charge in [0.1, 0.15) is 0 Å². The summed E-state index contributed by atoms with van der Waals surface area (Å²) in [7, 11) is 5.23. The molecule has 2 N–H and O–H groups in total. The van der Waals surface area contributed by atoms with Crippen LogP contribution in [0.15, 0.2) is 4.79 Å². The molecular formula is C15H22IN3O4. The zero-order chi connectivity index (χ0) is 17.3. The van der Waals surface area contributed by atoms with E-state index in [0.717, 1.165) is 5.69 Å². The normalized spacial score (nSPS) is 19.8. The number of rotatable bonds is 5. The molecule has 1 aliphatic heterocycles. The standard InChI is InChI=1S/C15H22IN3O4/c1-5-17-15(22)12-14(23-4)13(21)10(16)11-9(18(2)3)6-8(7-20)19(11)12/h8-9,20H,5-7H2,1-4H3,(H,17,22)/t8-,9+/m0/s1. The van der Waals surface area contributed by atoms with Crippen LogP contribution in [0.25, 0.3) is 0 Å². The fraction of sp³-hybridized carbons (Fsp3) is 0.600. The predicted molar refractivity (Wildman–Crippen MR) is 95.1 cm³/mol. The average Bonchev–Trinajstić information content (AvgIpc) is 2.90. The van der Waals surface area contributed by atoms with Gasteiger partial charge in [-0.25, -0.2) is 0 Å². The molecule has 1 aromatic rings. The Bertz CT molecular complexity index is 672. The number of carbonyl (C=O) groups excluding carboxylic acids is 1. The molecule has 1 aliphatic rings. The molecule has 0 fully saturated rings. The van der Waals surface area contributed by atoms with Crippen LogP contribution in [0.5, 0.6) is 5.75 Å². The fourth-order valence-corrected chi connectivity index (χ4v) is 3.94. The number of hydrogen-bond acceptors (Lipinski definition) is 5. The molecule has 1 aromatic heterocycles. The monoisotopic (exact) mass is 435 g/mol. The topological polar surface area (TPSA) is 83.8 Å². The van der Waals surface area contributed by atoms with Gasteiger partial charge in [-0.1, -0.05) is 0 Å². The van der Waals surface area contributed by atoms with Crippen molar-refractivity contribution in [3.05, 3.63) is 25.2 Å². The third kappa shape index (κ3) is 2.99. The number of aliphatic hydroxyl groups excluding tert-OH is 1. The lowest BCUT2D eigenvalue weighted by molar-refractivity contribution is 0.0936. The molecule has 0 spiro atoms. The summed E-state index contributed by atoms with van der Waals surface area (Å²) in [6, 6.07) is -0.302. The molecule has 7 nitrogen and oxygen atoms in total. The zero-order valence-electron chi connectivity index (χ0n) is 13.7. The molecule has 2 heterocycles. The number of halogens is 1. The van der Waals surface area contributed by atoms with E-state index in [4.69, 9.17) is 4.74 Å². The molecule has 2 atom stereocenters. The summed E-state index contributed by atoms with van der Waals surface area (Å²) < 4.78 is 7.55. The maximum atomic E-state index is 12.6. The van der Waals surface area contributed by atoms with E-state index in [9.17, 15) is 14.7 Å². The number of carbonyl (C=O) groups is 1. The Balaban J connectivity index is 2.83. The lowest BCUT2D eigenvalue weighted by Crippen LogP contribution is -2.33. The second kappa shape index (κ2) is 7.18. The molecule has 0 unspecified atom stereocenters. The summed E-state index contributed by atoms with van der Waals surface area (Å²) >= 11 is 2.00. The summed E-state index contributed by atoms with van der Waals surface area (Å²) in [6.45, 7) is 2.15. The Hall–Kier alpha value is -1.13.